The predicted molar refractivity (Wildman–Crippen MR) is 146 cm³/mol. The summed E-state index contributed by atoms with van der Waals surface area (Å²) in [5.74, 6) is 1.97. The minimum atomic E-state index is -0.467. The van der Waals surface area contributed by atoms with Crippen LogP contribution in [0.4, 0.5) is 20.6 Å². The van der Waals surface area contributed by atoms with Gasteiger partial charge in [0.25, 0.3) is 0 Å². The summed E-state index contributed by atoms with van der Waals surface area (Å²) in [5.41, 5.74) is 2.34. The van der Waals surface area contributed by atoms with Crippen LogP contribution >= 0.6 is 11.3 Å². The van der Waals surface area contributed by atoms with Crippen LogP contribution in [0.1, 0.15) is 5.56 Å². The van der Waals surface area contributed by atoms with Gasteiger partial charge < -0.3 is 19.1 Å². The van der Waals surface area contributed by atoms with Gasteiger partial charge in [0, 0.05) is 39.3 Å². The van der Waals surface area contributed by atoms with E-state index in [0.717, 1.165) is 25.4 Å². The number of hydrogen-bond acceptors (Lipinski definition) is 7. The summed E-state index contributed by atoms with van der Waals surface area (Å²) in [6.45, 7) is 5.89. The van der Waals surface area contributed by atoms with Crippen LogP contribution in [0.25, 0.3) is 0 Å². The summed E-state index contributed by atoms with van der Waals surface area (Å²) in [7, 11) is 1.68. The van der Waals surface area contributed by atoms with Gasteiger partial charge in [0.15, 0.2) is 5.06 Å². The van der Waals surface area contributed by atoms with E-state index in [1.54, 1.807) is 24.1 Å². The number of fused-ring (bicyclic) bond motifs is 1. The molecule has 0 bridgehead atoms. The first-order valence-corrected chi connectivity index (χ1v) is 14.0. The highest BCUT2D eigenvalue weighted by atomic mass is 32.1. The quantitative estimate of drug-likeness (QED) is 0.398. The number of hydrogen-bond donors (Lipinski definition) is 0. The van der Waals surface area contributed by atoms with Gasteiger partial charge in [-0.15, -0.1) is 11.3 Å². The molecular weight excluding hydrogens is 505 g/mol. The minimum absolute atomic E-state index is 0.333. The first kappa shape index (κ1) is 25.2. The van der Waals surface area contributed by atoms with E-state index >= 15 is 4.39 Å². The number of likely N-dealkylation sites (tertiary alicyclic amines) is 1. The Morgan fingerprint density at radius 2 is 1.87 bits per heavy atom. The number of benzene rings is 2. The number of carbonyl (C=O) groups excluding carboxylic acids is 1. The molecule has 2 saturated heterocycles. The number of ether oxygens (including phenoxy) is 3. The van der Waals surface area contributed by atoms with Crippen molar-refractivity contribution in [3.05, 3.63) is 71.4 Å². The third kappa shape index (κ3) is 5.36. The number of rotatable bonds is 8. The van der Waals surface area contributed by atoms with Crippen molar-refractivity contribution in [2.75, 3.05) is 62.8 Å². The average molecular weight is 538 g/mol. The van der Waals surface area contributed by atoms with Crippen molar-refractivity contribution in [2.24, 2.45) is 17.8 Å². The number of anilines is 2. The molecule has 2 aromatic carbocycles. The van der Waals surface area contributed by atoms with Crippen molar-refractivity contribution in [2.45, 2.75) is 6.54 Å². The molecule has 7 nitrogen and oxygen atoms in total. The van der Waals surface area contributed by atoms with Crippen molar-refractivity contribution < 1.29 is 23.4 Å². The third-order valence-electron chi connectivity index (χ3n) is 7.90. The fourth-order valence-corrected chi connectivity index (χ4v) is 6.38. The molecule has 1 amide bonds. The zero-order valence-corrected chi connectivity index (χ0v) is 22.2. The number of thiophene rings is 1. The molecule has 1 aromatic heterocycles. The molecule has 6 rings (SSSR count). The van der Waals surface area contributed by atoms with Crippen molar-refractivity contribution in [1.82, 2.24) is 4.90 Å². The van der Waals surface area contributed by atoms with Crippen LogP contribution in [0.5, 0.6) is 10.8 Å². The van der Waals surface area contributed by atoms with Gasteiger partial charge >= 0.3 is 6.09 Å². The third-order valence-corrected chi connectivity index (χ3v) is 8.65. The van der Waals surface area contributed by atoms with Gasteiger partial charge in [-0.1, -0.05) is 12.1 Å². The van der Waals surface area contributed by atoms with E-state index in [2.05, 4.69) is 17.0 Å². The molecule has 0 spiro atoms. The Morgan fingerprint density at radius 3 is 2.53 bits per heavy atom. The van der Waals surface area contributed by atoms with E-state index in [1.165, 1.54) is 23.0 Å². The predicted octanol–water partition coefficient (Wildman–Crippen LogP) is 5.12. The Hall–Kier alpha value is -3.14. The average Bonchev–Trinajstić information content (AvgIpc) is 3.28. The van der Waals surface area contributed by atoms with Crippen LogP contribution in [-0.4, -0.2) is 64.0 Å². The van der Waals surface area contributed by atoms with E-state index < -0.39 is 6.09 Å². The van der Waals surface area contributed by atoms with Gasteiger partial charge in [0.1, 0.15) is 11.6 Å². The summed E-state index contributed by atoms with van der Waals surface area (Å²) in [6.07, 6.45) is -0.467. The Morgan fingerprint density at radius 1 is 1.11 bits per heavy atom. The van der Waals surface area contributed by atoms with Gasteiger partial charge in [-0.25, -0.2) is 9.18 Å². The summed E-state index contributed by atoms with van der Waals surface area (Å²) in [6, 6.07) is 16.9. The number of carbonyl (C=O) groups is 1. The van der Waals surface area contributed by atoms with Crippen molar-refractivity contribution >= 4 is 28.8 Å². The van der Waals surface area contributed by atoms with Crippen LogP contribution < -0.4 is 19.3 Å². The SMILES string of the molecule is COc1ccc(CN2CC3C(C2)C3CN(C(=O)Oc2cccs2)c2ccc(N3CCOCC3)c(F)c2)cc1. The molecule has 2 unspecified atom stereocenters. The Bertz CT molecular complexity index is 1240. The van der Waals surface area contributed by atoms with Crippen molar-refractivity contribution in [3.8, 4) is 10.8 Å². The lowest BCUT2D eigenvalue weighted by Gasteiger charge is -2.30. The molecule has 2 atom stereocenters. The zero-order chi connectivity index (χ0) is 26.1. The number of nitrogens with zero attached hydrogens (tertiary/aromatic N) is 3. The lowest BCUT2D eigenvalue weighted by atomic mass is 10.1. The first-order chi connectivity index (χ1) is 18.6. The Balaban J connectivity index is 1.13. The molecular formula is C29H32FN3O4S. The highest BCUT2D eigenvalue weighted by molar-refractivity contribution is 7.11. The minimum Gasteiger partial charge on any atom is -0.497 e. The van der Waals surface area contributed by atoms with Crippen molar-refractivity contribution in [1.29, 1.82) is 0 Å². The van der Waals surface area contributed by atoms with Gasteiger partial charge in [-0.05, 0) is 71.2 Å². The molecule has 9 heteroatoms. The maximum atomic E-state index is 15.3. The zero-order valence-electron chi connectivity index (χ0n) is 21.4. The van der Waals surface area contributed by atoms with E-state index in [9.17, 15) is 4.79 Å². The van der Waals surface area contributed by atoms with Gasteiger partial charge in [0.05, 0.1) is 31.7 Å². The van der Waals surface area contributed by atoms with E-state index in [4.69, 9.17) is 14.2 Å². The van der Waals surface area contributed by atoms with Gasteiger partial charge in [-0.2, -0.15) is 0 Å². The van der Waals surface area contributed by atoms with Crippen LogP contribution in [0.15, 0.2) is 60.0 Å². The molecule has 1 saturated carbocycles. The molecule has 3 aliphatic rings. The topological polar surface area (TPSA) is 54.5 Å². The van der Waals surface area contributed by atoms with E-state index in [-0.39, 0.29) is 5.82 Å². The summed E-state index contributed by atoms with van der Waals surface area (Å²) < 4.78 is 31.6. The maximum absolute atomic E-state index is 15.3. The monoisotopic (exact) mass is 537 g/mol. The van der Waals surface area contributed by atoms with Crippen molar-refractivity contribution in [3.63, 3.8) is 0 Å². The molecule has 0 radical (unpaired) electrons. The number of methoxy groups -OCH3 is 1. The van der Waals surface area contributed by atoms with Crippen LogP contribution in [0.3, 0.4) is 0 Å². The molecule has 3 fully saturated rings. The van der Waals surface area contributed by atoms with E-state index in [0.29, 0.717) is 67.0 Å². The highest BCUT2D eigenvalue weighted by Gasteiger charge is 2.56. The number of amides is 1. The lowest BCUT2D eigenvalue weighted by Crippen LogP contribution is -2.38. The molecule has 200 valence electrons. The van der Waals surface area contributed by atoms with Crippen LogP contribution in [-0.2, 0) is 11.3 Å². The number of morpholine rings is 1. The molecule has 0 N–H and O–H groups in total. The molecule has 1 aliphatic carbocycles. The fourth-order valence-electron chi connectivity index (χ4n) is 5.81. The first-order valence-electron chi connectivity index (χ1n) is 13.1. The van der Waals surface area contributed by atoms with Gasteiger partial charge in [-0.3, -0.25) is 9.80 Å². The van der Waals surface area contributed by atoms with Crippen LogP contribution in [0.2, 0.25) is 0 Å². The second-order valence-corrected chi connectivity index (χ2v) is 11.1. The van der Waals surface area contributed by atoms with E-state index in [1.807, 2.05) is 34.5 Å². The standard InChI is InChI=1S/C29H32FN3O4S/c1-35-22-7-4-20(5-8-22)16-31-17-23-24(18-31)25(23)19-33(29(34)37-28-3-2-14-38-28)21-6-9-27(26(30)15-21)32-10-12-36-13-11-32/h2-9,14-15,23-25H,10-13,16-19H2,1H3. The lowest BCUT2D eigenvalue weighted by molar-refractivity contribution is 0.122. The molecule has 38 heavy (non-hydrogen) atoms. The molecule has 3 heterocycles. The molecule has 3 aromatic rings. The second kappa shape index (κ2) is 10.9. The number of piperidine rings is 1. The second-order valence-electron chi connectivity index (χ2n) is 10.2. The highest BCUT2D eigenvalue weighted by Crippen LogP contribution is 2.52. The number of halogens is 1. The Labute approximate surface area is 226 Å². The Kier molecular flexibility index (Phi) is 7.23. The summed E-state index contributed by atoms with van der Waals surface area (Å²) in [5, 5.41) is 2.40. The normalized spacial score (nSPS) is 22.7. The van der Waals surface area contributed by atoms with Gasteiger partial charge in [0.2, 0.25) is 0 Å². The summed E-state index contributed by atoms with van der Waals surface area (Å²) in [4.78, 5) is 19.4. The smallest absolute Gasteiger partial charge is 0.420 e. The summed E-state index contributed by atoms with van der Waals surface area (Å²) >= 11 is 1.37. The maximum Gasteiger partial charge on any atom is 0.420 e. The van der Waals surface area contributed by atoms with Crippen LogP contribution in [0, 0.1) is 23.6 Å². The largest absolute Gasteiger partial charge is 0.497 e. The molecule has 2 aliphatic heterocycles. The fraction of sp³-hybridized carbons (Fsp3) is 0.414.